The zero-order valence-corrected chi connectivity index (χ0v) is 15.8. The highest BCUT2D eigenvalue weighted by atomic mass is 32.2. The summed E-state index contributed by atoms with van der Waals surface area (Å²) in [4.78, 5) is 23.7. The third kappa shape index (κ3) is 7.29. The lowest BCUT2D eigenvalue weighted by Crippen LogP contribution is -2.35. The topological polar surface area (TPSA) is 102 Å². The summed E-state index contributed by atoms with van der Waals surface area (Å²) in [6.07, 6.45) is 0.216. The largest absolute Gasteiger partial charge is 0.452 e. The molecule has 2 aromatic carbocycles. The van der Waals surface area contributed by atoms with Gasteiger partial charge in [-0.3, -0.25) is 9.59 Å². The van der Waals surface area contributed by atoms with Crippen molar-refractivity contribution in [3.63, 3.8) is 0 Å². The maximum absolute atomic E-state index is 12.8. The fourth-order valence-electron chi connectivity index (χ4n) is 2.01. The number of hydrogen-bond acceptors (Lipinski definition) is 5. The molecule has 0 aliphatic rings. The second-order valence-corrected chi connectivity index (χ2v) is 7.36. The number of anilines is 1. The van der Waals surface area contributed by atoms with Crippen LogP contribution in [-0.2, 0) is 24.3 Å². The number of nitrogens with one attached hydrogen (secondary N) is 2. The number of hydrogen-bond donors (Lipinski definition) is 2. The SMILES string of the molecule is C[C@@H](OC(=O)CNS(=O)(=O)/C=C/c1ccccc1)C(=O)Nc1ccc(F)cc1. The molecule has 0 aliphatic carbocycles. The summed E-state index contributed by atoms with van der Waals surface area (Å²) in [6.45, 7) is 0.705. The van der Waals surface area contributed by atoms with E-state index >= 15 is 0 Å². The van der Waals surface area contributed by atoms with Crippen LogP contribution in [0.1, 0.15) is 12.5 Å². The number of carbonyl (C=O) groups is 2. The van der Waals surface area contributed by atoms with Gasteiger partial charge in [-0.15, -0.1) is 0 Å². The number of carbonyl (C=O) groups excluding carboxylic acids is 2. The summed E-state index contributed by atoms with van der Waals surface area (Å²) in [7, 11) is -3.85. The number of amides is 1. The van der Waals surface area contributed by atoms with Gasteiger partial charge in [-0.1, -0.05) is 30.3 Å². The van der Waals surface area contributed by atoms with Crippen molar-refractivity contribution >= 4 is 33.7 Å². The Labute approximate surface area is 162 Å². The van der Waals surface area contributed by atoms with Crippen LogP contribution >= 0.6 is 0 Å². The first-order chi connectivity index (χ1) is 13.2. The van der Waals surface area contributed by atoms with E-state index in [1.54, 1.807) is 30.3 Å². The molecule has 0 aliphatic heterocycles. The molecule has 0 radical (unpaired) electrons. The number of esters is 1. The normalized spacial score (nSPS) is 12.5. The van der Waals surface area contributed by atoms with Gasteiger partial charge in [-0.05, 0) is 42.8 Å². The molecule has 2 N–H and O–H groups in total. The Balaban J connectivity index is 1.81. The molecule has 2 aromatic rings. The van der Waals surface area contributed by atoms with Gasteiger partial charge in [-0.25, -0.2) is 17.5 Å². The monoisotopic (exact) mass is 406 g/mol. The molecule has 0 spiro atoms. The van der Waals surface area contributed by atoms with E-state index in [2.05, 4.69) is 10.0 Å². The van der Waals surface area contributed by atoms with E-state index in [1.165, 1.54) is 37.3 Å². The molecule has 2 rings (SSSR count). The van der Waals surface area contributed by atoms with E-state index in [0.717, 1.165) is 5.41 Å². The average Bonchev–Trinajstić information content (AvgIpc) is 2.67. The zero-order chi connectivity index (χ0) is 20.6. The average molecular weight is 406 g/mol. The molecule has 0 fully saturated rings. The standard InChI is InChI=1S/C19H19FN2O5S/c1-14(19(24)22-17-9-7-16(20)8-10-17)27-18(23)13-21-28(25,26)12-11-15-5-3-2-4-6-15/h2-12,14,21H,13H2,1H3,(H,22,24)/b12-11+/t14-/m1/s1. The fraction of sp³-hybridized carbons (Fsp3) is 0.158. The van der Waals surface area contributed by atoms with Gasteiger partial charge in [0.05, 0.1) is 0 Å². The Morgan fingerprint density at radius 1 is 1.11 bits per heavy atom. The van der Waals surface area contributed by atoms with Crippen molar-refractivity contribution in [1.29, 1.82) is 0 Å². The van der Waals surface area contributed by atoms with Crippen molar-refractivity contribution in [2.24, 2.45) is 0 Å². The molecular weight excluding hydrogens is 387 g/mol. The molecule has 0 bridgehead atoms. The predicted octanol–water partition coefficient (Wildman–Crippen LogP) is 2.29. The molecule has 1 atom stereocenters. The number of halogens is 1. The van der Waals surface area contributed by atoms with Gasteiger partial charge < -0.3 is 10.1 Å². The van der Waals surface area contributed by atoms with Crippen LogP contribution in [-0.4, -0.2) is 32.9 Å². The van der Waals surface area contributed by atoms with E-state index in [9.17, 15) is 22.4 Å². The zero-order valence-electron chi connectivity index (χ0n) is 15.0. The summed E-state index contributed by atoms with van der Waals surface area (Å²) in [5.41, 5.74) is 1.02. The molecule has 0 unspecified atom stereocenters. The van der Waals surface area contributed by atoms with Crippen molar-refractivity contribution in [2.45, 2.75) is 13.0 Å². The number of benzene rings is 2. The van der Waals surface area contributed by atoms with Crippen LogP contribution in [0, 0.1) is 5.82 Å². The third-order valence-corrected chi connectivity index (χ3v) is 4.49. The maximum atomic E-state index is 12.8. The first-order valence-corrected chi connectivity index (χ1v) is 9.78. The van der Waals surface area contributed by atoms with Gasteiger partial charge in [0.15, 0.2) is 6.10 Å². The van der Waals surface area contributed by atoms with Crippen LogP contribution in [0.5, 0.6) is 0 Å². The third-order valence-electron chi connectivity index (χ3n) is 3.45. The van der Waals surface area contributed by atoms with Gasteiger partial charge in [0.2, 0.25) is 10.0 Å². The molecule has 1 amide bonds. The minimum absolute atomic E-state index is 0.334. The van der Waals surface area contributed by atoms with Gasteiger partial charge in [0, 0.05) is 11.1 Å². The number of rotatable bonds is 8. The minimum Gasteiger partial charge on any atom is -0.452 e. The van der Waals surface area contributed by atoms with Crippen LogP contribution in [0.25, 0.3) is 6.08 Å². The number of ether oxygens (including phenoxy) is 1. The highest BCUT2D eigenvalue weighted by Crippen LogP contribution is 2.09. The molecular formula is C19H19FN2O5S. The quantitative estimate of drug-likeness (QED) is 0.655. The smallest absolute Gasteiger partial charge is 0.321 e. The Kier molecular flexibility index (Phi) is 7.42. The molecule has 9 heteroatoms. The molecule has 148 valence electrons. The highest BCUT2D eigenvalue weighted by Gasteiger charge is 2.19. The number of sulfonamides is 1. The van der Waals surface area contributed by atoms with E-state index in [4.69, 9.17) is 4.74 Å². The lowest BCUT2D eigenvalue weighted by atomic mass is 10.2. The summed E-state index contributed by atoms with van der Waals surface area (Å²) < 4.78 is 43.6. The van der Waals surface area contributed by atoms with Crippen LogP contribution in [0.15, 0.2) is 60.0 Å². The van der Waals surface area contributed by atoms with Crippen LogP contribution in [0.4, 0.5) is 10.1 Å². The Bertz CT molecular complexity index is 944. The first-order valence-electron chi connectivity index (χ1n) is 8.24. The maximum Gasteiger partial charge on any atom is 0.321 e. The minimum atomic E-state index is -3.85. The summed E-state index contributed by atoms with van der Waals surface area (Å²) >= 11 is 0. The first kappa shape index (κ1) is 21.3. The Morgan fingerprint density at radius 3 is 2.39 bits per heavy atom. The lowest BCUT2D eigenvalue weighted by Gasteiger charge is -2.13. The van der Waals surface area contributed by atoms with E-state index < -0.39 is 40.4 Å². The Hall–Kier alpha value is -3.04. The predicted molar refractivity (Wildman–Crippen MR) is 103 cm³/mol. The lowest BCUT2D eigenvalue weighted by molar-refractivity contribution is -0.151. The van der Waals surface area contributed by atoms with Gasteiger partial charge in [0.25, 0.3) is 5.91 Å². The molecule has 28 heavy (non-hydrogen) atoms. The van der Waals surface area contributed by atoms with Gasteiger partial charge in [-0.2, -0.15) is 0 Å². The van der Waals surface area contributed by atoms with Gasteiger partial charge >= 0.3 is 5.97 Å². The van der Waals surface area contributed by atoms with Crippen molar-refractivity contribution in [1.82, 2.24) is 4.72 Å². The molecule has 7 nitrogen and oxygen atoms in total. The van der Waals surface area contributed by atoms with E-state index in [-0.39, 0.29) is 0 Å². The van der Waals surface area contributed by atoms with Crippen molar-refractivity contribution in [3.05, 3.63) is 71.4 Å². The molecule has 0 saturated heterocycles. The molecule has 0 aromatic heterocycles. The van der Waals surface area contributed by atoms with Crippen molar-refractivity contribution in [2.75, 3.05) is 11.9 Å². The highest BCUT2D eigenvalue weighted by molar-refractivity contribution is 7.92. The summed E-state index contributed by atoms with van der Waals surface area (Å²) in [5.74, 6) is -2.00. The second-order valence-electron chi connectivity index (χ2n) is 5.71. The van der Waals surface area contributed by atoms with Crippen LogP contribution < -0.4 is 10.0 Å². The van der Waals surface area contributed by atoms with Crippen LogP contribution in [0.2, 0.25) is 0 Å². The summed E-state index contributed by atoms with van der Waals surface area (Å²) in [6, 6.07) is 13.8. The van der Waals surface area contributed by atoms with Gasteiger partial charge in [0.1, 0.15) is 12.4 Å². The Morgan fingerprint density at radius 2 is 1.75 bits per heavy atom. The van der Waals surface area contributed by atoms with Crippen LogP contribution in [0.3, 0.4) is 0 Å². The van der Waals surface area contributed by atoms with Crippen molar-refractivity contribution in [3.8, 4) is 0 Å². The fourth-order valence-corrected chi connectivity index (χ4v) is 2.76. The second kappa shape index (κ2) is 9.77. The van der Waals surface area contributed by atoms with E-state index in [1.807, 2.05) is 0 Å². The summed E-state index contributed by atoms with van der Waals surface area (Å²) in [5, 5.41) is 3.38. The molecule has 0 heterocycles. The van der Waals surface area contributed by atoms with Crippen molar-refractivity contribution < 1.29 is 27.1 Å². The molecule has 0 saturated carbocycles. The van der Waals surface area contributed by atoms with E-state index in [0.29, 0.717) is 11.3 Å².